The SMILES string of the molecule is CCCCCCCCC1CCC(C2CCC(/C=C/COc3cc(F)c(/C=C/C(F)(F)F)c(F)c3)CC2)CC1. The minimum absolute atomic E-state index is 0.0374. The molecular weight excluding hydrogens is 495 g/mol. The zero-order chi connectivity index (χ0) is 27.4. The number of hydrogen-bond acceptors (Lipinski definition) is 1. The first-order chi connectivity index (χ1) is 18.2. The third kappa shape index (κ3) is 10.7. The van der Waals surface area contributed by atoms with Gasteiger partial charge in [-0.3, -0.25) is 0 Å². The Balaban J connectivity index is 1.32. The summed E-state index contributed by atoms with van der Waals surface area (Å²) in [4.78, 5) is 0. The third-order valence-electron chi connectivity index (χ3n) is 8.59. The van der Waals surface area contributed by atoms with Crippen molar-refractivity contribution in [2.45, 2.75) is 109 Å². The van der Waals surface area contributed by atoms with Crippen molar-refractivity contribution >= 4 is 6.08 Å². The molecule has 0 unspecified atom stereocenters. The second kappa shape index (κ2) is 15.7. The number of hydrogen-bond donors (Lipinski definition) is 0. The lowest BCUT2D eigenvalue weighted by atomic mass is 9.68. The Bertz CT molecular complexity index is 851. The normalized spacial score (nSPS) is 24.9. The Hall–Kier alpha value is -1.85. The van der Waals surface area contributed by atoms with Gasteiger partial charge < -0.3 is 4.74 Å². The Morgan fingerprint density at radius 1 is 0.816 bits per heavy atom. The van der Waals surface area contributed by atoms with E-state index < -0.39 is 23.4 Å². The fourth-order valence-corrected chi connectivity index (χ4v) is 6.34. The Morgan fingerprint density at radius 3 is 2.00 bits per heavy atom. The number of ether oxygens (including phenoxy) is 1. The smallest absolute Gasteiger partial charge is 0.409 e. The Morgan fingerprint density at radius 2 is 1.39 bits per heavy atom. The molecule has 1 nitrogen and oxygen atoms in total. The molecule has 0 saturated heterocycles. The summed E-state index contributed by atoms with van der Waals surface area (Å²) >= 11 is 0. The second-order valence-corrected chi connectivity index (χ2v) is 11.4. The molecule has 2 fully saturated rings. The summed E-state index contributed by atoms with van der Waals surface area (Å²) < 4.78 is 70.4. The average molecular weight is 541 g/mol. The molecule has 1 aromatic carbocycles. The predicted octanol–water partition coefficient (Wildman–Crippen LogP) is 10.8. The summed E-state index contributed by atoms with van der Waals surface area (Å²) in [6.45, 7) is 2.43. The number of halogens is 5. The molecule has 0 aromatic heterocycles. The predicted molar refractivity (Wildman–Crippen MR) is 145 cm³/mol. The van der Waals surface area contributed by atoms with Crippen LogP contribution in [0.4, 0.5) is 22.0 Å². The summed E-state index contributed by atoms with van der Waals surface area (Å²) in [5.74, 6) is 0.987. The summed E-state index contributed by atoms with van der Waals surface area (Å²) in [6, 6.07) is 1.83. The van der Waals surface area contributed by atoms with E-state index >= 15 is 0 Å². The van der Waals surface area contributed by atoms with Crippen LogP contribution in [0.3, 0.4) is 0 Å². The fraction of sp³-hybridized carbons (Fsp3) is 0.688. The molecule has 0 heterocycles. The molecule has 2 aliphatic carbocycles. The van der Waals surface area contributed by atoms with Crippen LogP contribution in [0, 0.1) is 35.3 Å². The van der Waals surface area contributed by atoms with Gasteiger partial charge in [-0.15, -0.1) is 0 Å². The third-order valence-corrected chi connectivity index (χ3v) is 8.59. The van der Waals surface area contributed by atoms with Crippen LogP contribution in [-0.2, 0) is 0 Å². The van der Waals surface area contributed by atoms with Gasteiger partial charge in [-0.05, 0) is 68.3 Å². The zero-order valence-electron chi connectivity index (χ0n) is 22.9. The van der Waals surface area contributed by atoms with Gasteiger partial charge in [0, 0.05) is 23.8 Å². The molecule has 1 aromatic rings. The van der Waals surface area contributed by atoms with Crippen LogP contribution in [-0.4, -0.2) is 12.8 Å². The first kappa shape index (κ1) is 30.7. The molecule has 0 radical (unpaired) electrons. The van der Waals surface area contributed by atoms with Crippen LogP contribution < -0.4 is 4.74 Å². The summed E-state index contributed by atoms with van der Waals surface area (Å²) in [6.07, 6.45) is 19.9. The standard InChI is InChI=1S/C32H45F5O/c1-2-3-4-5-6-7-9-24-11-15-26(16-12-24)27-17-13-25(14-18-27)10-8-21-38-28-22-30(33)29(31(34)23-28)19-20-32(35,36)37/h8,10,19-20,22-27H,2-7,9,11-18,21H2,1H3/b10-8+,20-19+. The van der Waals surface area contributed by atoms with Crippen molar-refractivity contribution in [3.63, 3.8) is 0 Å². The van der Waals surface area contributed by atoms with E-state index in [4.69, 9.17) is 4.74 Å². The lowest BCUT2D eigenvalue weighted by molar-refractivity contribution is -0.0790. The minimum atomic E-state index is -4.63. The van der Waals surface area contributed by atoms with Crippen molar-refractivity contribution in [2.24, 2.45) is 23.7 Å². The van der Waals surface area contributed by atoms with Crippen molar-refractivity contribution in [3.8, 4) is 5.75 Å². The first-order valence-corrected chi connectivity index (χ1v) is 14.8. The Kier molecular flexibility index (Phi) is 12.7. The van der Waals surface area contributed by atoms with Crippen LogP contribution >= 0.6 is 0 Å². The average Bonchev–Trinajstić information content (AvgIpc) is 2.88. The highest BCUT2D eigenvalue weighted by molar-refractivity contribution is 5.53. The van der Waals surface area contributed by atoms with E-state index in [-0.39, 0.29) is 18.4 Å². The van der Waals surface area contributed by atoms with Crippen molar-refractivity contribution in [1.29, 1.82) is 0 Å². The van der Waals surface area contributed by atoms with Crippen LogP contribution in [0.5, 0.6) is 5.75 Å². The van der Waals surface area contributed by atoms with Crippen molar-refractivity contribution in [1.82, 2.24) is 0 Å². The highest BCUT2D eigenvalue weighted by Crippen LogP contribution is 2.42. The van der Waals surface area contributed by atoms with Gasteiger partial charge in [0.2, 0.25) is 0 Å². The molecule has 0 atom stereocenters. The molecule has 38 heavy (non-hydrogen) atoms. The highest BCUT2D eigenvalue weighted by Gasteiger charge is 2.30. The molecule has 0 bridgehead atoms. The highest BCUT2D eigenvalue weighted by atomic mass is 19.4. The number of rotatable bonds is 13. The monoisotopic (exact) mass is 540 g/mol. The number of allylic oxidation sites excluding steroid dienone is 2. The molecule has 2 saturated carbocycles. The number of unbranched alkanes of at least 4 members (excludes halogenated alkanes) is 5. The molecule has 0 aliphatic heterocycles. The number of alkyl halides is 3. The summed E-state index contributed by atoms with van der Waals surface area (Å²) in [7, 11) is 0. The van der Waals surface area contributed by atoms with Gasteiger partial charge in [-0.25, -0.2) is 8.78 Å². The van der Waals surface area contributed by atoms with E-state index in [9.17, 15) is 22.0 Å². The summed E-state index contributed by atoms with van der Waals surface area (Å²) in [5, 5.41) is 0. The zero-order valence-corrected chi connectivity index (χ0v) is 22.9. The van der Waals surface area contributed by atoms with Crippen molar-refractivity contribution in [2.75, 3.05) is 6.61 Å². The van der Waals surface area contributed by atoms with E-state index in [1.807, 2.05) is 6.08 Å². The van der Waals surface area contributed by atoms with Crippen LogP contribution in [0.2, 0.25) is 0 Å². The number of benzene rings is 1. The maximum absolute atomic E-state index is 14.0. The molecule has 3 rings (SSSR count). The molecular formula is C32H45F5O. The van der Waals surface area contributed by atoms with Crippen molar-refractivity contribution < 1.29 is 26.7 Å². The molecule has 0 N–H and O–H groups in total. The van der Waals surface area contributed by atoms with Crippen molar-refractivity contribution in [3.05, 3.63) is 47.6 Å². The van der Waals surface area contributed by atoms with Crippen LogP contribution in [0.1, 0.15) is 109 Å². The van der Waals surface area contributed by atoms with Gasteiger partial charge in [0.05, 0.1) is 0 Å². The maximum Gasteiger partial charge on any atom is 0.409 e. The van der Waals surface area contributed by atoms with E-state index in [0.29, 0.717) is 12.0 Å². The lowest BCUT2D eigenvalue weighted by Gasteiger charge is -2.37. The molecule has 0 amide bonds. The minimum Gasteiger partial charge on any atom is -0.489 e. The van der Waals surface area contributed by atoms with Crippen LogP contribution in [0.25, 0.3) is 6.08 Å². The van der Waals surface area contributed by atoms with E-state index in [2.05, 4.69) is 13.0 Å². The van der Waals surface area contributed by atoms with E-state index in [0.717, 1.165) is 29.9 Å². The lowest BCUT2D eigenvalue weighted by Crippen LogP contribution is -2.25. The molecule has 0 spiro atoms. The fourth-order valence-electron chi connectivity index (χ4n) is 6.34. The van der Waals surface area contributed by atoms with Gasteiger partial charge in [0.15, 0.2) is 0 Å². The summed E-state index contributed by atoms with van der Waals surface area (Å²) in [5.41, 5.74) is -0.728. The van der Waals surface area contributed by atoms with E-state index in [1.165, 1.54) is 96.3 Å². The van der Waals surface area contributed by atoms with Gasteiger partial charge in [0.1, 0.15) is 24.0 Å². The maximum atomic E-state index is 14.0. The molecule has 2 aliphatic rings. The van der Waals surface area contributed by atoms with Gasteiger partial charge in [0.25, 0.3) is 0 Å². The molecule has 6 heteroatoms. The second-order valence-electron chi connectivity index (χ2n) is 11.4. The van der Waals surface area contributed by atoms with Gasteiger partial charge in [-0.2, -0.15) is 13.2 Å². The first-order valence-electron chi connectivity index (χ1n) is 14.8. The topological polar surface area (TPSA) is 9.23 Å². The van der Waals surface area contributed by atoms with Crippen LogP contribution in [0.15, 0.2) is 30.4 Å². The van der Waals surface area contributed by atoms with E-state index in [1.54, 1.807) is 0 Å². The molecule has 214 valence electrons. The largest absolute Gasteiger partial charge is 0.489 e. The Labute approximate surface area is 225 Å². The van der Waals surface area contributed by atoms with Gasteiger partial charge in [-0.1, -0.05) is 76.9 Å². The van der Waals surface area contributed by atoms with Gasteiger partial charge >= 0.3 is 6.18 Å². The quantitative estimate of drug-likeness (QED) is 0.137.